The standard InChI is InChI=1S/C17H15BrN2O2/c1-3-22-12-6-4-11(5-7-12)19-16-13-8-10(2)14(18)9-15(13)20-17(16)21/h4-9H,3H2,1-2H3,(H,19,20,21). The van der Waals surface area contributed by atoms with E-state index in [0.717, 1.165) is 32.7 Å². The van der Waals surface area contributed by atoms with Crippen molar-refractivity contribution in [1.29, 1.82) is 0 Å². The van der Waals surface area contributed by atoms with Crippen LogP contribution in [0.5, 0.6) is 5.75 Å². The number of fused-ring (bicyclic) bond motifs is 1. The molecule has 0 saturated carbocycles. The molecular weight excluding hydrogens is 344 g/mol. The van der Waals surface area contributed by atoms with Gasteiger partial charge in [-0.15, -0.1) is 0 Å². The average molecular weight is 359 g/mol. The topological polar surface area (TPSA) is 50.7 Å². The molecule has 1 N–H and O–H groups in total. The molecular formula is C17H15BrN2O2. The Morgan fingerprint density at radius 3 is 2.64 bits per heavy atom. The van der Waals surface area contributed by atoms with Crippen LogP contribution in [0.1, 0.15) is 18.1 Å². The van der Waals surface area contributed by atoms with Gasteiger partial charge < -0.3 is 10.1 Å². The quantitative estimate of drug-likeness (QED) is 0.892. The fourth-order valence-electron chi connectivity index (χ4n) is 2.31. The van der Waals surface area contributed by atoms with E-state index in [1.165, 1.54) is 0 Å². The van der Waals surface area contributed by atoms with E-state index in [1.807, 2.05) is 50.2 Å². The third-order valence-electron chi connectivity index (χ3n) is 3.41. The number of carbonyl (C=O) groups is 1. The van der Waals surface area contributed by atoms with Crippen LogP contribution in [0, 0.1) is 6.92 Å². The van der Waals surface area contributed by atoms with Crippen molar-refractivity contribution in [2.24, 2.45) is 4.99 Å². The van der Waals surface area contributed by atoms with Crippen molar-refractivity contribution in [3.8, 4) is 5.75 Å². The van der Waals surface area contributed by atoms with Crippen molar-refractivity contribution in [2.45, 2.75) is 13.8 Å². The van der Waals surface area contributed by atoms with Gasteiger partial charge in [0.05, 0.1) is 18.0 Å². The zero-order chi connectivity index (χ0) is 15.7. The van der Waals surface area contributed by atoms with Crippen LogP contribution in [0.2, 0.25) is 0 Å². The molecule has 0 aliphatic carbocycles. The first-order valence-electron chi connectivity index (χ1n) is 7.02. The van der Waals surface area contributed by atoms with Gasteiger partial charge in [-0.3, -0.25) is 4.79 Å². The molecule has 0 unspecified atom stereocenters. The number of hydrogen-bond donors (Lipinski definition) is 1. The molecule has 1 aliphatic heterocycles. The minimum atomic E-state index is -0.179. The Labute approximate surface area is 137 Å². The molecule has 0 bridgehead atoms. The first-order valence-corrected chi connectivity index (χ1v) is 7.81. The molecule has 0 aromatic heterocycles. The number of amides is 1. The molecule has 22 heavy (non-hydrogen) atoms. The monoisotopic (exact) mass is 358 g/mol. The molecule has 0 spiro atoms. The van der Waals surface area contributed by atoms with E-state index in [-0.39, 0.29) is 5.91 Å². The summed E-state index contributed by atoms with van der Waals surface area (Å²) in [6.07, 6.45) is 0. The smallest absolute Gasteiger partial charge is 0.275 e. The molecule has 1 amide bonds. The number of ether oxygens (including phenoxy) is 1. The largest absolute Gasteiger partial charge is 0.494 e. The number of rotatable bonds is 3. The highest BCUT2D eigenvalue weighted by Crippen LogP contribution is 2.31. The maximum absolute atomic E-state index is 12.1. The lowest BCUT2D eigenvalue weighted by Gasteiger charge is -2.04. The number of benzene rings is 2. The maximum Gasteiger partial charge on any atom is 0.275 e. The molecule has 0 fully saturated rings. The summed E-state index contributed by atoms with van der Waals surface area (Å²) in [6, 6.07) is 11.3. The number of aryl methyl sites for hydroxylation is 1. The highest BCUT2D eigenvalue weighted by Gasteiger charge is 2.26. The Morgan fingerprint density at radius 1 is 1.23 bits per heavy atom. The van der Waals surface area contributed by atoms with Gasteiger partial charge in [-0.25, -0.2) is 4.99 Å². The summed E-state index contributed by atoms with van der Waals surface area (Å²) in [4.78, 5) is 16.6. The average Bonchev–Trinajstić information content (AvgIpc) is 2.78. The fraction of sp³-hybridized carbons (Fsp3) is 0.176. The van der Waals surface area contributed by atoms with Crippen molar-refractivity contribution in [3.63, 3.8) is 0 Å². The zero-order valence-corrected chi connectivity index (χ0v) is 13.9. The third kappa shape index (κ3) is 2.76. The highest BCUT2D eigenvalue weighted by molar-refractivity contribution is 9.10. The molecule has 1 heterocycles. The van der Waals surface area contributed by atoms with E-state index >= 15 is 0 Å². The second-order valence-electron chi connectivity index (χ2n) is 4.99. The minimum Gasteiger partial charge on any atom is -0.494 e. The van der Waals surface area contributed by atoms with Gasteiger partial charge in [0.1, 0.15) is 11.5 Å². The number of hydrogen-bond acceptors (Lipinski definition) is 3. The van der Waals surface area contributed by atoms with E-state index in [0.29, 0.717) is 12.3 Å². The number of carbonyl (C=O) groups excluding carboxylic acids is 1. The zero-order valence-electron chi connectivity index (χ0n) is 12.3. The predicted octanol–water partition coefficient (Wildman–Crippen LogP) is 4.23. The highest BCUT2D eigenvalue weighted by atomic mass is 79.9. The SMILES string of the molecule is CCOc1ccc(N=C2C(=O)Nc3cc(Br)c(C)cc32)cc1. The van der Waals surface area contributed by atoms with E-state index in [9.17, 15) is 4.79 Å². The molecule has 3 rings (SSSR count). The van der Waals surface area contributed by atoms with Crippen molar-refractivity contribution >= 4 is 38.9 Å². The van der Waals surface area contributed by atoms with Gasteiger partial charge in [0.2, 0.25) is 0 Å². The molecule has 2 aromatic rings. The Balaban J connectivity index is 1.98. The number of halogens is 1. The fourth-order valence-corrected chi connectivity index (χ4v) is 2.65. The van der Waals surface area contributed by atoms with E-state index in [2.05, 4.69) is 26.2 Å². The summed E-state index contributed by atoms with van der Waals surface area (Å²) in [5, 5.41) is 2.84. The van der Waals surface area contributed by atoms with Gasteiger partial charge in [-0.2, -0.15) is 0 Å². The van der Waals surface area contributed by atoms with Crippen LogP contribution in [0.4, 0.5) is 11.4 Å². The van der Waals surface area contributed by atoms with Crippen LogP contribution < -0.4 is 10.1 Å². The van der Waals surface area contributed by atoms with Crippen molar-refractivity contribution < 1.29 is 9.53 Å². The van der Waals surface area contributed by atoms with Crippen molar-refractivity contribution in [1.82, 2.24) is 0 Å². The summed E-state index contributed by atoms with van der Waals surface area (Å²) < 4.78 is 6.37. The Bertz CT molecular complexity index is 767. The summed E-state index contributed by atoms with van der Waals surface area (Å²) in [6.45, 7) is 4.55. The van der Waals surface area contributed by atoms with Gasteiger partial charge in [-0.05, 0) is 55.8 Å². The second-order valence-corrected chi connectivity index (χ2v) is 5.84. The van der Waals surface area contributed by atoms with E-state index < -0.39 is 0 Å². The number of nitrogens with one attached hydrogen (secondary N) is 1. The number of nitrogens with zero attached hydrogens (tertiary/aromatic N) is 1. The van der Waals surface area contributed by atoms with Gasteiger partial charge in [0.25, 0.3) is 5.91 Å². The summed E-state index contributed by atoms with van der Waals surface area (Å²) in [7, 11) is 0. The Hall–Kier alpha value is -2.14. The third-order valence-corrected chi connectivity index (χ3v) is 4.26. The molecule has 1 aliphatic rings. The van der Waals surface area contributed by atoms with Crippen LogP contribution in [-0.4, -0.2) is 18.2 Å². The van der Waals surface area contributed by atoms with Crippen LogP contribution in [0.15, 0.2) is 45.9 Å². The minimum absolute atomic E-state index is 0.179. The van der Waals surface area contributed by atoms with Crippen LogP contribution in [0.3, 0.4) is 0 Å². The van der Waals surface area contributed by atoms with Crippen LogP contribution >= 0.6 is 15.9 Å². The molecule has 2 aromatic carbocycles. The predicted molar refractivity (Wildman–Crippen MR) is 91.3 cm³/mol. The first kappa shape index (κ1) is 14.8. The Kier molecular flexibility index (Phi) is 3.98. The number of anilines is 1. The molecule has 0 saturated heterocycles. The second kappa shape index (κ2) is 5.93. The number of aliphatic imine (C=N–C) groups is 1. The lowest BCUT2D eigenvalue weighted by molar-refractivity contribution is -0.110. The molecule has 4 nitrogen and oxygen atoms in total. The van der Waals surface area contributed by atoms with Gasteiger partial charge >= 0.3 is 0 Å². The van der Waals surface area contributed by atoms with E-state index in [4.69, 9.17) is 4.74 Å². The van der Waals surface area contributed by atoms with Crippen LogP contribution in [-0.2, 0) is 4.79 Å². The summed E-state index contributed by atoms with van der Waals surface area (Å²) >= 11 is 3.47. The van der Waals surface area contributed by atoms with Gasteiger partial charge in [0.15, 0.2) is 0 Å². The van der Waals surface area contributed by atoms with Crippen molar-refractivity contribution in [3.05, 3.63) is 52.0 Å². The maximum atomic E-state index is 12.1. The molecule has 0 atom stereocenters. The lowest BCUT2D eigenvalue weighted by atomic mass is 10.1. The summed E-state index contributed by atoms with van der Waals surface area (Å²) in [5.74, 6) is 0.615. The van der Waals surface area contributed by atoms with Gasteiger partial charge in [0, 0.05) is 10.0 Å². The normalized spacial score (nSPS) is 14.9. The van der Waals surface area contributed by atoms with E-state index in [1.54, 1.807) is 0 Å². The Morgan fingerprint density at radius 2 is 1.95 bits per heavy atom. The summed E-state index contributed by atoms with van der Waals surface area (Å²) in [5.41, 5.74) is 3.85. The molecule has 0 radical (unpaired) electrons. The van der Waals surface area contributed by atoms with Gasteiger partial charge in [-0.1, -0.05) is 15.9 Å². The molecule has 5 heteroatoms. The lowest BCUT2D eigenvalue weighted by Crippen LogP contribution is -2.13. The van der Waals surface area contributed by atoms with Crippen molar-refractivity contribution in [2.75, 3.05) is 11.9 Å². The van der Waals surface area contributed by atoms with Crippen LogP contribution in [0.25, 0.3) is 0 Å². The molecule has 112 valence electrons. The first-order chi connectivity index (χ1) is 10.6.